The van der Waals surface area contributed by atoms with Crippen molar-refractivity contribution in [1.29, 1.82) is 0 Å². The van der Waals surface area contributed by atoms with Crippen LogP contribution < -0.4 is 14.8 Å². The van der Waals surface area contributed by atoms with Crippen LogP contribution in [0.3, 0.4) is 0 Å². The van der Waals surface area contributed by atoms with Gasteiger partial charge in [0, 0.05) is 19.5 Å². The highest BCUT2D eigenvalue weighted by Crippen LogP contribution is 2.21. The zero-order chi connectivity index (χ0) is 19.1. The molecular formula is C21H24N2O4. The number of nitrogens with zero attached hydrogens (tertiary/aromatic N) is 1. The first-order chi connectivity index (χ1) is 13.2. The van der Waals surface area contributed by atoms with Crippen molar-refractivity contribution in [3.63, 3.8) is 0 Å². The molecule has 1 saturated heterocycles. The lowest BCUT2D eigenvalue weighted by atomic mass is 10.1. The van der Waals surface area contributed by atoms with Crippen molar-refractivity contribution in [1.82, 2.24) is 10.2 Å². The van der Waals surface area contributed by atoms with Crippen LogP contribution >= 0.6 is 0 Å². The summed E-state index contributed by atoms with van der Waals surface area (Å²) < 4.78 is 10.7. The Morgan fingerprint density at radius 3 is 2.56 bits per heavy atom. The van der Waals surface area contributed by atoms with Gasteiger partial charge in [-0.2, -0.15) is 0 Å². The fourth-order valence-electron chi connectivity index (χ4n) is 3.06. The number of benzene rings is 2. The number of nitrogens with one attached hydrogen (secondary N) is 1. The van der Waals surface area contributed by atoms with E-state index in [1.54, 1.807) is 12.0 Å². The van der Waals surface area contributed by atoms with Crippen molar-refractivity contribution in [3.8, 4) is 11.5 Å². The van der Waals surface area contributed by atoms with Gasteiger partial charge in [-0.1, -0.05) is 30.3 Å². The van der Waals surface area contributed by atoms with E-state index in [-0.39, 0.29) is 24.2 Å². The smallest absolute Gasteiger partial charge is 0.225 e. The maximum Gasteiger partial charge on any atom is 0.225 e. The van der Waals surface area contributed by atoms with Gasteiger partial charge in [0.05, 0.1) is 19.6 Å². The number of carbonyl (C=O) groups is 2. The van der Waals surface area contributed by atoms with Crippen molar-refractivity contribution < 1.29 is 19.1 Å². The summed E-state index contributed by atoms with van der Waals surface area (Å²) in [4.78, 5) is 26.3. The molecule has 6 heteroatoms. The molecule has 27 heavy (non-hydrogen) atoms. The Morgan fingerprint density at radius 2 is 1.85 bits per heavy atom. The molecule has 0 aliphatic carbocycles. The van der Waals surface area contributed by atoms with Gasteiger partial charge in [0.2, 0.25) is 11.8 Å². The number of amides is 2. The van der Waals surface area contributed by atoms with Gasteiger partial charge in [-0.3, -0.25) is 9.59 Å². The SMILES string of the molecule is COc1ccc(CN2C[C@H](C(=O)NCCOc3ccccc3)CC2=O)cc1. The monoisotopic (exact) mass is 368 g/mol. The Labute approximate surface area is 159 Å². The number of carbonyl (C=O) groups excluding carboxylic acids is 2. The molecule has 1 atom stereocenters. The number of hydrogen-bond donors (Lipinski definition) is 1. The normalized spacial score (nSPS) is 16.3. The highest BCUT2D eigenvalue weighted by Gasteiger charge is 2.34. The Hall–Kier alpha value is -3.02. The van der Waals surface area contributed by atoms with Crippen LogP contribution in [0.2, 0.25) is 0 Å². The molecule has 1 fully saturated rings. The van der Waals surface area contributed by atoms with E-state index >= 15 is 0 Å². The van der Waals surface area contributed by atoms with Gasteiger partial charge >= 0.3 is 0 Å². The molecule has 0 unspecified atom stereocenters. The average Bonchev–Trinajstić information content (AvgIpc) is 3.07. The molecule has 0 bridgehead atoms. The topological polar surface area (TPSA) is 67.9 Å². The minimum atomic E-state index is -0.313. The molecule has 3 rings (SSSR count). The Kier molecular flexibility index (Phi) is 6.30. The molecule has 2 aromatic rings. The quantitative estimate of drug-likeness (QED) is 0.726. The van der Waals surface area contributed by atoms with E-state index in [9.17, 15) is 9.59 Å². The molecule has 0 radical (unpaired) electrons. The number of hydrogen-bond acceptors (Lipinski definition) is 4. The number of methoxy groups -OCH3 is 1. The lowest BCUT2D eigenvalue weighted by molar-refractivity contribution is -0.129. The molecule has 142 valence electrons. The van der Waals surface area contributed by atoms with E-state index in [0.29, 0.717) is 26.2 Å². The van der Waals surface area contributed by atoms with E-state index < -0.39 is 0 Å². The fourth-order valence-corrected chi connectivity index (χ4v) is 3.06. The second-order valence-electron chi connectivity index (χ2n) is 6.48. The van der Waals surface area contributed by atoms with Crippen LogP contribution in [-0.2, 0) is 16.1 Å². The van der Waals surface area contributed by atoms with Crippen LogP contribution in [0.5, 0.6) is 11.5 Å². The van der Waals surface area contributed by atoms with Crippen LogP contribution in [0.25, 0.3) is 0 Å². The number of rotatable bonds is 8. The zero-order valence-corrected chi connectivity index (χ0v) is 15.4. The van der Waals surface area contributed by atoms with E-state index in [2.05, 4.69) is 5.32 Å². The third-order valence-electron chi connectivity index (χ3n) is 4.53. The maximum absolute atomic E-state index is 12.3. The lowest BCUT2D eigenvalue weighted by Crippen LogP contribution is -2.35. The highest BCUT2D eigenvalue weighted by molar-refractivity contribution is 5.89. The van der Waals surface area contributed by atoms with Crippen molar-refractivity contribution in [2.24, 2.45) is 5.92 Å². The van der Waals surface area contributed by atoms with Crippen molar-refractivity contribution in [2.75, 3.05) is 26.8 Å². The number of likely N-dealkylation sites (tertiary alicyclic amines) is 1. The molecule has 6 nitrogen and oxygen atoms in total. The second-order valence-corrected chi connectivity index (χ2v) is 6.48. The summed E-state index contributed by atoms with van der Waals surface area (Å²) in [5.41, 5.74) is 1.02. The lowest BCUT2D eigenvalue weighted by Gasteiger charge is -2.17. The Morgan fingerprint density at radius 1 is 1.11 bits per heavy atom. The first kappa shape index (κ1) is 18.8. The van der Waals surface area contributed by atoms with Crippen molar-refractivity contribution in [2.45, 2.75) is 13.0 Å². The molecule has 2 aromatic carbocycles. The maximum atomic E-state index is 12.3. The summed E-state index contributed by atoms with van der Waals surface area (Å²) in [5.74, 6) is 1.14. The van der Waals surface area contributed by atoms with Gasteiger partial charge in [0.25, 0.3) is 0 Å². The van der Waals surface area contributed by atoms with Gasteiger partial charge in [-0.25, -0.2) is 0 Å². The number of ether oxygens (including phenoxy) is 2. The third-order valence-corrected chi connectivity index (χ3v) is 4.53. The summed E-state index contributed by atoms with van der Waals surface area (Å²) in [6.07, 6.45) is 0.252. The van der Waals surface area contributed by atoms with Crippen LogP contribution in [-0.4, -0.2) is 43.5 Å². The predicted octanol–water partition coefficient (Wildman–Crippen LogP) is 2.24. The minimum Gasteiger partial charge on any atom is -0.497 e. The molecule has 0 aromatic heterocycles. The standard InChI is InChI=1S/C21H24N2O4/c1-26-18-9-7-16(8-10-18)14-23-15-17(13-20(23)24)21(25)22-11-12-27-19-5-3-2-4-6-19/h2-10,17H,11-15H2,1H3,(H,22,25)/t17-/m1/s1. The van der Waals surface area contributed by atoms with E-state index in [1.807, 2.05) is 54.6 Å². The molecule has 1 aliphatic heterocycles. The van der Waals surface area contributed by atoms with Gasteiger partial charge in [0.15, 0.2) is 0 Å². The minimum absolute atomic E-state index is 0.00602. The van der Waals surface area contributed by atoms with Gasteiger partial charge in [-0.15, -0.1) is 0 Å². The molecule has 1 N–H and O–H groups in total. The predicted molar refractivity (Wildman–Crippen MR) is 101 cm³/mol. The summed E-state index contributed by atoms with van der Waals surface area (Å²) in [6, 6.07) is 17.1. The summed E-state index contributed by atoms with van der Waals surface area (Å²) in [5, 5.41) is 2.86. The first-order valence-electron chi connectivity index (χ1n) is 9.02. The fraction of sp³-hybridized carbons (Fsp3) is 0.333. The van der Waals surface area contributed by atoms with Crippen LogP contribution in [0.4, 0.5) is 0 Å². The average molecular weight is 368 g/mol. The van der Waals surface area contributed by atoms with Gasteiger partial charge < -0.3 is 19.7 Å². The zero-order valence-electron chi connectivity index (χ0n) is 15.4. The number of para-hydroxylation sites is 1. The van der Waals surface area contributed by atoms with E-state index in [4.69, 9.17) is 9.47 Å². The van der Waals surface area contributed by atoms with Crippen molar-refractivity contribution in [3.05, 3.63) is 60.2 Å². The van der Waals surface area contributed by atoms with Crippen LogP contribution in [0.1, 0.15) is 12.0 Å². The van der Waals surface area contributed by atoms with Crippen molar-refractivity contribution >= 4 is 11.8 Å². The van der Waals surface area contributed by atoms with Crippen LogP contribution in [0, 0.1) is 5.92 Å². The first-order valence-corrected chi connectivity index (χ1v) is 9.02. The third kappa shape index (κ3) is 5.23. The van der Waals surface area contributed by atoms with E-state index in [0.717, 1.165) is 17.1 Å². The Balaban J connectivity index is 1.42. The summed E-state index contributed by atoms with van der Waals surface area (Å²) in [6.45, 7) is 1.75. The molecule has 1 aliphatic rings. The molecule has 2 amide bonds. The summed E-state index contributed by atoms with van der Waals surface area (Å²) >= 11 is 0. The second kappa shape index (κ2) is 9.07. The largest absolute Gasteiger partial charge is 0.497 e. The molecule has 0 spiro atoms. The van der Waals surface area contributed by atoms with E-state index in [1.165, 1.54) is 0 Å². The molecule has 1 heterocycles. The molecule has 0 saturated carbocycles. The summed E-state index contributed by atoms with van der Waals surface area (Å²) in [7, 11) is 1.62. The highest BCUT2D eigenvalue weighted by atomic mass is 16.5. The van der Waals surface area contributed by atoms with Gasteiger partial charge in [0.1, 0.15) is 18.1 Å². The van der Waals surface area contributed by atoms with Crippen LogP contribution in [0.15, 0.2) is 54.6 Å². The molecular weight excluding hydrogens is 344 g/mol. The van der Waals surface area contributed by atoms with Gasteiger partial charge in [-0.05, 0) is 29.8 Å². The Bertz CT molecular complexity index is 762.